The topological polar surface area (TPSA) is 50.1 Å². The minimum absolute atomic E-state index is 0.349. The zero-order chi connectivity index (χ0) is 11.5. The molecule has 0 radical (unpaired) electrons. The quantitative estimate of drug-likeness (QED) is 0.645. The third kappa shape index (κ3) is 3.13. The lowest BCUT2D eigenvalue weighted by atomic mass is 9.83. The fourth-order valence-corrected chi connectivity index (χ4v) is 2.65. The van der Waals surface area contributed by atoms with Crippen LogP contribution in [0.1, 0.15) is 33.6 Å². The third-order valence-corrected chi connectivity index (χ3v) is 3.34. The molecule has 15 heavy (non-hydrogen) atoms. The van der Waals surface area contributed by atoms with Gasteiger partial charge in [0.1, 0.15) is 5.60 Å². The molecule has 1 fully saturated rings. The van der Waals surface area contributed by atoms with Crippen LogP contribution in [0, 0.1) is 16.7 Å². The molecule has 0 aliphatic carbocycles. The van der Waals surface area contributed by atoms with E-state index in [0.717, 1.165) is 11.5 Å². The second-order valence-corrected chi connectivity index (χ2v) is 6.03. The fourth-order valence-electron chi connectivity index (χ4n) is 1.46. The fraction of sp³-hybridized carbons (Fsp3) is 0.818. The van der Waals surface area contributed by atoms with Crippen molar-refractivity contribution >= 4 is 17.7 Å². The van der Waals surface area contributed by atoms with Gasteiger partial charge in [-0.05, 0) is 45.1 Å². The number of hydrogen-bond acceptors (Lipinski definition) is 4. The van der Waals surface area contributed by atoms with E-state index in [0.29, 0.717) is 12.8 Å². The summed E-state index contributed by atoms with van der Waals surface area (Å²) in [4.78, 5) is 11.9. The number of nitrogens with zero attached hydrogens (tertiary/aromatic N) is 1. The average molecular weight is 227 g/mol. The number of esters is 1. The van der Waals surface area contributed by atoms with Gasteiger partial charge in [-0.3, -0.25) is 4.79 Å². The molecule has 1 aliphatic heterocycles. The number of carbonyl (C=O) groups is 1. The van der Waals surface area contributed by atoms with Gasteiger partial charge in [-0.1, -0.05) is 0 Å². The van der Waals surface area contributed by atoms with Crippen LogP contribution in [0.3, 0.4) is 0 Å². The maximum atomic E-state index is 11.9. The Labute approximate surface area is 95.2 Å². The summed E-state index contributed by atoms with van der Waals surface area (Å²) < 4.78 is 5.30. The van der Waals surface area contributed by atoms with Gasteiger partial charge >= 0.3 is 5.97 Å². The predicted octanol–water partition coefficient (Wildman–Crippen LogP) is 2.37. The molecule has 1 aliphatic rings. The molecule has 0 unspecified atom stereocenters. The summed E-state index contributed by atoms with van der Waals surface area (Å²) in [5.41, 5.74) is -1.40. The predicted molar refractivity (Wildman–Crippen MR) is 60.5 cm³/mol. The lowest BCUT2D eigenvalue weighted by molar-refractivity contribution is -0.164. The zero-order valence-electron chi connectivity index (χ0n) is 9.50. The second kappa shape index (κ2) is 4.44. The van der Waals surface area contributed by atoms with Crippen LogP contribution in [0.15, 0.2) is 0 Å². The highest BCUT2D eigenvalue weighted by molar-refractivity contribution is 7.99. The highest BCUT2D eigenvalue weighted by atomic mass is 32.2. The van der Waals surface area contributed by atoms with Crippen molar-refractivity contribution < 1.29 is 9.53 Å². The van der Waals surface area contributed by atoms with E-state index >= 15 is 0 Å². The van der Waals surface area contributed by atoms with E-state index in [4.69, 9.17) is 10.00 Å². The van der Waals surface area contributed by atoms with E-state index in [1.807, 2.05) is 20.8 Å². The Morgan fingerprint density at radius 1 is 1.40 bits per heavy atom. The van der Waals surface area contributed by atoms with Crippen LogP contribution in [0.5, 0.6) is 0 Å². The molecule has 0 spiro atoms. The van der Waals surface area contributed by atoms with Gasteiger partial charge < -0.3 is 4.74 Å². The van der Waals surface area contributed by atoms with Gasteiger partial charge in [-0.25, -0.2) is 0 Å². The SMILES string of the molecule is CC(C)(C)OC(=O)C1(C#N)CCSCC1. The number of carbonyl (C=O) groups excluding carboxylic acids is 1. The van der Waals surface area contributed by atoms with Crippen molar-refractivity contribution in [3.63, 3.8) is 0 Å². The third-order valence-electron chi connectivity index (χ3n) is 2.35. The molecule has 0 aromatic rings. The van der Waals surface area contributed by atoms with Crippen molar-refractivity contribution in [1.29, 1.82) is 5.26 Å². The average Bonchev–Trinajstić information content (AvgIpc) is 2.16. The minimum Gasteiger partial charge on any atom is -0.459 e. The molecule has 84 valence electrons. The van der Waals surface area contributed by atoms with Crippen molar-refractivity contribution in [2.45, 2.75) is 39.2 Å². The van der Waals surface area contributed by atoms with E-state index in [9.17, 15) is 4.79 Å². The molecule has 0 amide bonds. The first-order chi connectivity index (χ1) is 6.90. The van der Waals surface area contributed by atoms with E-state index < -0.39 is 11.0 Å². The van der Waals surface area contributed by atoms with Crippen molar-refractivity contribution in [1.82, 2.24) is 0 Å². The lowest BCUT2D eigenvalue weighted by Crippen LogP contribution is -2.39. The standard InChI is InChI=1S/C11H17NO2S/c1-10(2,3)14-9(13)11(8-12)4-6-15-7-5-11/h4-7H2,1-3H3. The van der Waals surface area contributed by atoms with Gasteiger partial charge in [-0.2, -0.15) is 17.0 Å². The number of rotatable bonds is 1. The van der Waals surface area contributed by atoms with Crippen molar-refractivity contribution in [2.24, 2.45) is 5.41 Å². The maximum Gasteiger partial charge on any atom is 0.327 e. The van der Waals surface area contributed by atoms with Gasteiger partial charge in [0.25, 0.3) is 0 Å². The largest absolute Gasteiger partial charge is 0.459 e. The first-order valence-electron chi connectivity index (χ1n) is 5.12. The minimum atomic E-state index is -0.890. The Bertz CT molecular complexity index is 282. The first kappa shape index (κ1) is 12.4. The summed E-state index contributed by atoms with van der Waals surface area (Å²) in [6.45, 7) is 5.48. The summed E-state index contributed by atoms with van der Waals surface area (Å²) in [5, 5.41) is 9.15. The first-order valence-corrected chi connectivity index (χ1v) is 6.28. The molecular weight excluding hydrogens is 210 g/mol. The number of thioether (sulfide) groups is 1. The molecule has 1 heterocycles. The van der Waals surface area contributed by atoms with Gasteiger partial charge in [0.15, 0.2) is 5.41 Å². The summed E-state index contributed by atoms with van der Waals surface area (Å²) in [5.74, 6) is 1.39. The van der Waals surface area contributed by atoms with Crippen LogP contribution in [-0.2, 0) is 9.53 Å². The van der Waals surface area contributed by atoms with Crippen LogP contribution >= 0.6 is 11.8 Å². The molecule has 0 saturated carbocycles. The normalized spacial score (nSPS) is 20.4. The summed E-state index contributed by atoms with van der Waals surface area (Å²) >= 11 is 1.79. The molecule has 0 aromatic carbocycles. The van der Waals surface area contributed by atoms with Crippen LogP contribution in [0.4, 0.5) is 0 Å². The van der Waals surface area contributed by atoms with Crippen molar-refractivity contribution in [3.05, 3.63) is 0 Å². The summed E-state index contributed by atoms with van der Waals surface area (Å²) in [7, 11) is 0. The zero-order valence-corrected chi connectivity index (χ0v) is 10.3. The number of nitriles is 1. The van der Waals surface area contributed by atoms with Crippen LogP contribution in [-0.4, -0.2) is 23.1 Å². The van der Waals surface area contributed by atoms with Crippen LogP contribution in [0.25, 0.3) is 0 Å². The Kier molecular flexibility index (Phi) is 3.67. The molecule has 0 N–H and O–H groups in total. The Balaban J connectivity index is 2.74. The molecule has 0 atom stereocenters. The molecule has 0 bridgehead atoms. The molecule has 4 heteroatoms. The van der Waals surface area contributed by atoms with Gasteiger partial charge in [0, 0.05) is 0 Å². The van der Waals surface area contributed by atoms with Crippen LogP contribution < -0.4 is 0 Å². The molecular formula is C11H17NO2S. The monoisotopic (exact) mass is 227 g/mol. The number of ether oxygens (including phenoxy) is 1. The molecule has 1 saturated heterocycles. The maximum absolute atomic E-state index is 11.9. The van der Waals surface area contributed by atoms with E-state index in [2.05, 4.69) is 6.07 Å². The molecule has 1 rings (SSSR count). The van der Waals surface area contributed by atoms with E-state index in [1.54, 1.807) is 11.8 Å². The molecule has 3 nitrogen and oxygen atoms in total. The Morgan fingerprint density at radius 2 is 1.93 bits per heavy atom. The smallest absolute Gasteiger partial charge is 0.327 e. The van der Waals surface area contributed by atoms with E-state index in [-0.39, 0.29) is 5.97 Å². The van der Waals surface area contributed by atoms with Crippen molar-refractivity contribution in [3.8, 4) is 6.07 Å². The highest BCUT2D eigenvalue weighted by Crippen LogP contribution is 2.36. The highest BCUT2D eigenvalue weighted by Gasteiger charge is 2.43. The number of hydrogen-bond donors (Lipinski definition) is 0. The van der Waals surface area contributed by atoms with Gasteiger partial charge in [0.2, 0.25) is 0 Å². The van der Waals surface area contributed by atoms with Crippen LogP contribution in [0.2, 0.25) is 0 Å². The summed E-state index contributed by atoms with van der Waals surface area (Å²) in [6.07, 6.45) is 1.23. The Morgan fingerprint density at radius 3 is 2.33 bits per heavy atom. The molecule has 0 aromatic heterocycles. The van der Waals surface area contributed by atoms with Gasteiger partial charge in [-0.15, -0.1) is 0 Å². The second-order valence-electron chi connectivity index (χ2n) is 4.81. The van der Waals surface area contributed by atoms with Crippen molar-refractivity contribution in [2.75, 3.05) is 11.5 Å². The Hall–Kier alpha value is -0.690. The lowest BCUT2D eigenvalue weighted by Gasteiger charge is -2.31. The van der Waals surface area contributed by atoms with E-state index in [1.165, 1.54) is 0 Å². The van der Waals surface area contributed by atoms with Gasteiger partial charge in [0.05, 0.1) is 6.07 Å². The summed E-state index contributed by atoms with van der Waals surface area (Å²) in [6, 6.07) is 2.15.